The van der Waals surface area contributed by atoms with Gasteiger partial charge in [0.15, 0.2) is 0 Å². The summed E-state index contributed by atoms with van der Waals surface area (Å²) in [7, 11) is 0. The van der Waals surface area contributed by atoms with E-state index >= 15 is 0 Å². The first-order valence-corrected chi connectivity index (χ1v) is 7.19. The second kappa shape index (κ2) is 5.84. The van der Waals surface area contributed by atoms with Crippen LogP contribution in [0.2, 0.25) is 0 Å². The van der Waals surface area contributed by atoms with E-state index in [4.69, 9.17) is 0 Å². The zero-order chi connectivity index (χ0) is 14.7. The molecule has 0 aromatic heterocycles. The average Bonchev–Trinajstić information content (AvgIpc) is 2.56. The molecule has 3 aromatic rings. The summed E-state index contributed by atoms with van der Waals surface area (Å²) in [6.45, 7) is 2.21. The fourth-order valence-electron chi connectivity index (χ4n) is 2.60. The molecular weight excluding hydrogens is 256 g/mol. The first kappa shape index (κ1) is 13.4. The van der Waals surface area contributed by atoms with Gasteiger partial charge in [0.2, 0.25) is 0 Å². The first-order valence-electron chi connectivity index (χ1n) is 7.19. The lowest BCUT2D eigenvalue weighted by atomic mass is 9.92. The second-order valence-electron chi connectivity index (χ2n) is 5.27. The number of phenolic OH excluding ortho intramolecular Hbond substituents is 1. The third kappa shape index (κ3) is 2.82. The molecule has 0 aliphatic carbocycles. The van der Waals surface area contributed by atoms with Gasteiger partial charge in [0.05, 0.1) is 0 Å². The molecule has 3 aromatic carbocycles. The van der Waals surface area contributed by atoms with Gasteiger partial charge in [0.25, 0.3) is 0 Å². The third-order valence-corrected chi connectivity index (χ3v) is 3.93. The summed E-state index contributed by atoms with van der Waals surface area (Å²) >= 11 is 0. The van der Waals surface area contributed by atoms with Gasteiger partial charge in [-0.1, -0.05) is 79.7 Å². The fraction of sp³-hybridized carbons (Fsp3) is 0.100. The molecule has 1 N–H and O–H groups in total. The van der Waals surface area contributed by atoms with Crippen molar-refractivity contribution < 1.29 is 5.11 Å². The van der Waals surface area contributed by atoms with Crippen molar-refractivity contribution in [2.75, 3.05) is 0 Å². The van der Waals surface area contributed by atoms with Crippen LogP contribution in [0.1, 0.15) is 24.0 Å². The molecule has 0 bridgehead atoms. The number of aromatic hydroxyl groups is 1. The van der Waals surface area contributed by atoms with Gasteiger partial charge < -0.3 is 5.11 Å². The molecule has 0 fully saturated rings. The van der Waals surface area contributed by atoms with E-state index in [2.05, 4.69) is 55.5 Å². The maximum atomic E-state index is 9.92. The zero-order valence-corrected chi connectivity index (χ0v) is 12.0. The molecule has 21 heavy (non-hydrogen) atoms. The Morgan fingerprint density at radius 3 is 1.90 bits per heavy atom. The van der Waals surface area contributed by atoms with E-state index in [1.807, 2.05) is 24.3 Å². The van der Waals surface area contributed by atoms with Crippen LogP contribution in [0.5, 0.6) is 5.75 Å². The second-order valence-corrected chi connectivity index (χ2v) is 5.27. The minimum absolute atomic E-state index is 0.321. The lowest BCUT2D eigenvalue weighted by Crippen LogP contribution is -1.95. The van der Waals surface area contributed by atoms with Crippen LogP contribution in [-0.2, 0) is 0 Å². The van der Waals surface area contributed by atoms with Crippen molar-refractivity contribution in [3.63, 3.8) is 0 Å². The molecule has 0 saturated carbocycles. The van der Waals surface area contributed by atoms with E-state index in [0.29, 0.717) is 11.7 Å². The SMILES string of the molecule is CC(c1ccccc1)c1ccc(-c2ccccc2O)cc1. The molecule has 0 amide bonds. The molecule has 0 saturated heterocycles. The average molecular weight is 274 g/mol. The van der Waals surface area contributed by atoms with Gasteiger partial charge in [-0.2, -0.15) is 0 Å². The molecule has 1 atom stereocenters. The minimum Gasteiger partial charge on any atom is -0.507 e. The Morgan fingerprint density at radius 2 is 1.24 bits per heavy atom. The van der Waals surface area contributed by atoms with E-state index in [0.717, 1.165) is 11.1 Å². The highest BCUT2D eigenvalue weighted by Gasteiger charge is 2.09. The Kier molecular flexibility index (Phi) is 3.74. The first-order chi connectivity index (χ1) is 10.3. The van der Waals surface area contributed by atoms with Crippen LogP contribution >= 0.6 is 0 Å². The summed E-state index contributed by atoms with van der Waals surface area (Å²) in [5, 5.41) is 9.92. The monoisotopic (exact) mass is 274 g/mol. The van der Waals surface area contributed by atoms with Crippen molar-refractivity contribution in [1.29, 1.82) is 0 Å². The van der Waals surface area contributed by atoms with Gasteiger partial charge in [-0.15, -0.1) is 0 Å². The molecule has 1 nitrogen and oxygen atoms in total. The van der Waals surface area contributed by atoms with Crippen molar-refractivity contribution in [3.05, 3.63) is 90.0 Å². The van der Waals surface area contributed by atoms with Crippen LogP contribution in [0.15, 0.2) is 78.9 Å². The topological polar surface area (TPSA) is 20.2 Å². The lowest BCUT2D eigenvalue weighted by molar-refractivity contribution is 0.477. The zero-order valence-electron chi connectivity index (χ0n) is 12.0. The lowest BCUT2D eigenvalue weighted by Gasteiger charge is -2.13. The number of para-hydroxylation sites is 1. The normalized spacial score (nSPS) is 12.0. The van der Waals surface area contributed by atoms with E-state index in [9.17, 15) is 5.11 Å². The van der Waals surface area contributed by atoms with Gasteiger partial charge in [0, 0.05) is 11.5 Å². The van der Waals surface area contributed by atoms with Crippen molar-refractivity contribution in [2.24, 2.45) is 0 Å². The summed E-state index contributed by atoms with van der Waals surface area (Å²) in [6, 6.07) is 26.3. The highest BCUT2D eigenvalue weighted by atomic mass is 16.3. The van der Waals surface area contributed by atoms with Crippen LogP contribution in [0.4, 0.5) is 0 Å². The quantitative estimate of drug-likeness (QED) is 0.695. The Morgan fingerprint density at radius 1 is 0.667 bits per heavy atom. The molecule has 1 unspecified atom stereocenters. The number of hydrogen-bond acceptors (Lipinski definition) is 1. The Balaban J connectivity index is 1.90. The molecule has 0 aliphatic rings. The summed E-state index contributed by atoms with van der Waals surface area (Å²) in [4.78, 5) is 0. The van der Waals surface area contributed by atoms with Crippen LogP contribution in [-0.4, -0.2) is 5.11 Å². The predicted molar refractivity (Wildman–Crippen MR) is 87.5 cm³/mol. The number of phenols is 1. The van der Waals surface area contributed by atoms with Crippen molar-refractivity contribution in [3.8, 4) is 16.9 Å². The molecular formula is C20H18O. The number of rotatable bonds is 3. The van der Waals surface area contributed by atoms with E-state index in [1.165, 1.54) is 11.1 Å². The summed E-state index contributed by atoms with van der Waals surface area (Å²) in [5.41, 5.74) is 4.50. The van der Waals surface area contributed by atoms with Gasteiger partial charge in [0.1, 0.15) is 5.75 Å². The van der Waals surface area contributed by atoms with E-state index in [-0.39, 0.29) is 0 Å². The Labute approximate surface area is 125 Å². The smallest absolute Gasteiger partial charge is 0.123 e. The molecule has 104 valence electrons. The molecule has 0 heterocycles. The largest absolute Gasteiger partial charge is 0.507 e. The molecule has 0 radical (unpaired) electrons. The maximum Gasteiger partial charge on any atom is 0.123 e. The predicted octanol–water partition coefficient (Wildman–Crippen LogP) is 5.21. The highest BCUT2D eigenvalue weighted by molar-refractivity contribution is 5.70. The van der Waals surface area contributed by atoms with Gasteiger partial charge in [-0.25, -0.2) is 0 Å². The van der Waals surface area contributed by atoms with Crippen molar-refractivity contribution >= 4 is 0 Å². The highest BCUT2D eigenvalue weighted by Crippen LogP contribution is 2.31. The van der Waals surface area contributed by atoms with Gasteiger partial charge in [-0.05, 0) is 22.8 Å². The van der Waals surface area contributed by atoms with Crippen LogP contribution < -0.4 is 0 Å². The van der Waals surface area contributed by atoms with Crippen molar-refractivity contribution in [2.45, 2.75) is 12.8 Å². The molecule has 1 heteroatoms. The standard InChI is InChI=1S/C20H18O/c1-15(16-7-3-2-4-8-16)17-11-13-18(14-12-17)19-9-5-6-10-20(19)21/h2-15,21H,1H3. The van der Waals surface area contributed by atoms with Crippen molar-refractivity contribution in [1.82, 2.24) is 0 Å². The van der Waals surface area contributed by atoms with Gasteiger partial charge in [-0.3, -0.25) is 0 Å². The Bertz CT molecular complexity index is 714. The summed E-state index contributed by atoms with van der Waals surface area (Å²) < 4.78 is 0. The van der Waals surface area contributed by atoms with E-state index in [1.54, 1.807) is 6.07 Å². The van der Waals surface area contributed by atoms with Crippen LogP contribution in [0.3, 0.4) is 0 Å². The molecule has 0 aliphatic heterocycles. The molecule has 0 spiro atoms. The molecule has 3 rings (SSSR count). The number of benzene rings is 3. The summed E-state index contributed by atoms with van der Waals surface area (Å²) in [5.74, 6) is 0.686. The fourth-order valence-corrected chi connectivity index (χ4v) is 2.60. The number of hydrogen-bond donors (Lipinski definition) is 1. The maximum absolute atomic E-state index is 9.92. The van der Waals surface area contributed by atoms with Gasteiger partial charge >= 0.3 is 0 Å². The minimum atomic E-state index is 0.321. The van der Waals surface area contributed by atoms with Crippen LogP contribution in [0, 0.1) is 0 Å². The third-order valence-electron chi connectivity index (χ3n) is 3.93. The van der Waals surface area contributed by atoms with E-state index < -0.39 is 0 Å². The summed E-state index contributed by atoms with van der Waals surface area (Å²) in [6.07, 6.45) is 0. The Hall–Kier alpha value is -2.54. The van der Waals surface area contributed by atoms with Crippen LogP contribution in [0.25, 0.3) is 11.1 Å².